The topological polar surface area (TPSA) is 24.4 Å². The molecule has 11 heavy (non-hydrogen) atoms. The van der Waals surface area contributed by atoms with Gasteiger partial charge in [-0.25, -0.2) is 0 Å². The van der Waals surface area contributed by atoms with Gasteiger partial charge in [0.15, 0.2) is 0 Å². The number of rotatable bonds is 2. The lowest BCUT2D eigenvalue weighted by atomic mass is 9.90. The fourth-order valence-electron chi connectivity index (χ4n) is 0.842. The first-order valence-corrected chi connectivity index (χ1v) is 4.13. The summed E-state index contributed by atoms with van der Waals surface area (Å²) in [5, 5.41) is 3.07. The van der Waals surface area contributed by atoms with Gasteiger partial charge in [0.25, 0.3) is 0 Å². The smallest absolute Gasteiger partial charge is 0.0957 e. The zero-order valence-corrected chi connectivity index (χ0v) is 8.36. The van der Waals surface area contributed by atoms with Crippen molar-refractivity contribution >= 4 is 5.84 Å². The van der Waals surface area contributed by atoms with Crippen LogP contribution in [-0.2, 0) is 0 Å². The maximum atomic E-state index is 4.12. The molecule has 1 N–H and O–H groups in total. The largest absolute Gasteiger partial charge is 0.377 e. The van der Waals surface area contributed by atoms with Crippen molar-refractivity contribution in [3.63, 3.8) is 0 Å². The molecule has 0 atom stereocenters. The van der Waals surface area contributed by atoms with Crippen LogP contribution < -0.4 is 5.32 Å². The highest BCUT2D eigenvalue weighted by molar-refractivity contribution is 5.81. The molecule has 0 aromatic carbocycles. The second-order valence-corrected chi connectivity index (χ2v) is 3.98. The van der Waals surface area contributed by atoms with Crippen molar-refractivity contribution in [2.75, 3.05) is 14.1 Å². The van der Waals surface area contributed by atoms with Crippen LogP contribution in [0, 0.1) is 5.41 Å². The maximum absolute atomic E-state index is 4.12. The van der Waals surface area contributed by atoms with Crippen LogP contribution in [0.3, 0.4) is 0 Å². The molecule has 0 aliphatic rings. The van der Waals surface area contributed by atoms with Crippen LogP contribution in [0.1, 0.15) is 33.6 Å². The molecule has 0 amide bonds. The molecular formula is C9H20N2. The Hall–Kier alpha value is -0.530. The highest BCUT2D eigenvalue weighted by atomic mass is 14.9. The van der Waals surface area contributed by atoms with Crippen LogP contribution in [0.2, 0.25) is 0 Å². The molecule has 0 saturated carbocycles. The predicted molar refractivity (Wildman–Crippen MR) is 51.1 cm³/mol. The van der Waals surface area contributed by atoms with E-state index in [1.807, 2.05) is 14.1 Å². The first-order valence-electron chi connectivity index (χ1n) is 4.13. The number of nitrogens with one attached hydrogen (secondary N) is 1. The third-order valence-corrected chi connectivity index (χ3v) is 1.67. The van der Waals surface area contributed by atoms with E-state index in [9.17, 15) is 0 Å². The fourth-order valence-corrected chi connectivity index (χ4v) is 0.842. The van der Waals surface area contributed by atoms with Gasteiger partial charge in [-0.15, -0.1) is 0 Å². The van der Waals surface area contributed by atoms with E-state index < -0.39 is 0 Å². The lowest BCUT2D eigenvalue weighted by molar-refractivity contribution is 0.385. The van der Waals surface area contributed by atoms with Gasteiger partial charge in [-0.05, 0) is 11.8 Å². The van der Waals surface area contributed by atoms with E-state index in [1.54, 1.807) is 0 Å². The Morgan fingerprint density at radius 1 is 1.36 bits per heavy atom. The van der Waals surface area contributed by atoms with Crippen molar-refractivity contribution in [2.45, 2.75) is 33.6 Å². The average Bonchev–Trinajstić information content (AvgIpc) is 1.88. The number of hydrogen-bond acceptors (Lipinski definition) is 1. The van der Waals surface area contributed by atoms with Crippen LogP contribution in [0.15, 0.2) is 4.99 Å². The van der Waals surface area contributed by atoms with Gasteiger partial charge in [0.2, 0.25) is 0 Å². The Morgan fingerprint density at radius 2 is 1.91 bits per heavy atom. The van der Waals surface area contributed by atoms with Gasteiger partial charge >= 0.3 is 0 Å². The summed E-state index contributed by atoms with van der Waals surface area (Å²) >= 11 is 0. The molecule has 0 spiro atoms. The zero-order chi connectivity index (χ0) is 8.91. The van der Waals surface area contributed by atoms with E-state index >= 15 is 0 Å². The molecule has 0 unspecified atom stereocenters. The molecule has 0 heterocycles. The van der Waals surface area contributed by atoms with Crippen LogP contribution in [0.5, 0.6) is 0 Å². The van der Waals surface area contributed by atoms with Crippen molar-refractivity contribution in [1.82, 2.24) is 5.32 Å². The van der Waals surface area contributed by atoms with Gasteiger partial charge < -0.3 is 5.32 Å². The molecule has 66 valence electrons. The third-order valence-electron chi connectivity index (χ3n) is 1.67. The van der Waals surface area contributed by atoms with Crippen molar-refractivity contribution in [3.05, 3.63) is 0 Å². The molecule has 0 radical (unpaired) electrons. The van der Waals surface area contributed by atoms with Gasteiger partial charge in [-0.1, -0.05) is 20.8 Å². The average molecular weight is 156 g/mol. The number of amidine groups is 1. The molecule has 2 nitrogen and oxygen atoms in total. The van der Waals surface area contributed by atoms with Crippen molar-refractivity contribution < 1.29 is 0 Å². The molecule has 0 aliphatic heterocycles. The van der Waals surface area contributed by atoms with Gasteiger partial charge in [0.1, 0.15) is 0 Å². The van der Waals surface area contributed by atoms with Gasteiger partial charge in [-0.3, -0.25) is 4.99 Å². The van der Waals surface area contributed by atoms with E-state index in [1.165, 1.54) is 6.42 Å². The fraction of sp³-hybridized carbons (Fsp3) is 0.889. The number of nitrogens with zero attached hydrogens (tertiary/aromatic N) is 1. The van der Waals surface area contributed by atoms with E-state index in [-0.39, 0.29) is 0 Å². The minimum Gasteiger partial charge on any atom is -0.377 e. The van der Waals surface area contributed by atoms with E-state index in [0.717, 1.165) is 12.3 Å². The molecule has 0 aliphatic carbocycles. The van der Waals surface area contributed by atoms with Crippen molar-refractivity contribution in [1.29, 1.82) is 0 Å². The van der Waals surface area contributed by atoms with Crippen LogP contribution in [0.25, 0.3) is 0 Å². The summed E-state index contributed by atoms with van der Waals surface area (Å²) in [5.74, 6) is 1.10. The molecule has 0 rings (SSSR count). The van der Waals surface area contributed by atoms with Gasteiger partial charge in [-0.2, -0.15) is 0 Å². The summed E-state index contributed by atoms with van der Waals surface area (Å²) in [7, 11) is 3.75. The minimum absolute atomic E-state index is 0.410. The monoisotopic (exact) mass is 156 g/mol. The van der Waals surface area contributed by atoms with Crippen LogP contribution >= 0.6 is 0 Å². The molecule has 0 fully saturated rings. The Morgan fingerprint density at radius 3 is 2.18 bits per heavy atom. The van der Waals surface area contributed by atoms with Crippen LogP contribution in [-0.4, -0.2) is 19.9 Å². The van der Waals surface area contributed by atoms with Gasteiger partial charge in [0.05, 0.1) is 5.84 Å². The summed E-state index contributed by atoms with van der Waals surface area (Å²) < 4.78 is 0. The quantitative estimate of drug-likeness (QED) is 0.480. The van der Waals surface area contributed by atoms with Gasteiger partial charge in [0, 0.05) is 20.5 Å². The molecule has 0 saturated heterocycles. The third kappa shape index (κ3) is 5.89. The molecule has 2 heteroatoms. The molecule has 0 aromatic rings. The Bertz CT molecular complexity index is 131. The molecule has 0 aromatic heterocycles. The standard InChI is InChI=1S/C9H20N2/c1-9(2,3)7-6-8(10-4)11-5/h6-7H2,1-5H3,(H,10,11). The molecule has 0 bridgehead atoms. The Kier molecular flexibility index (Phi) is 4.16. The second-order valence-electron chi connectivity index (χ2n) is 3.98. The van der Waals surface area contributed by atoms with Crippen molar-refractivity contribution in [3.8, 4) is 0 Å². The summed E-state index contributed by atoms with van der Waals surface area (Å²) in [6.45, 7) is 6.74. The maximum Gasteiger partial charge on any atom is 0.0957 e. The molecular weight excluding hydrogens is 136 g/mol. The number of aliphatic imine (C=N–C) groups is 1. The predicted octanol–water partition coefficient (Wildman–Crippen LogP) is 2.06. The summed E-state index contributed by atoms with van der Waals surface area (Å²) in [5.41, 5.74) is 0.410. The first-order chi connectivity index (χ1) is 4.99. The van der Waals surface area contributed by atoms with E-state index in [0.29, 0.717) is 5.41 Å². The normalized spacial score (nSPS) is 13.4. The second kappa shape index (κ2) is 4.37. The van der Waals surface area contributed by atoms with Crippen LogP contribution in [0.4, 0.5) is 0 Å². The van der Waals surface area contributed by atoms with E-state index in [4.69, 9.17) is 0 Å². The zero-order valence-electron chi connectivity index (χ0n) is 8.36. The minimum atomic E-state index is 0.410. The Labute approximate surface area is 70.1 Å². The van der Waals surface area contributed by atoms with E-state index in [2.05, 4.69) is 31.1 Å². The summed E-state index contributed by atoms with van der Waals surface area (Å²) in [6.07, 6.45) is 2.23. The highest BCUT2D eigenvalue weighted by Gasteiger charge is 2.10. The lowest BCUT2D eigenvalue weighted by Crippen LogP contribution is -2.20. The highest BCUT2D eigenvalue weighted by Crippen LogP contribution is 2.20. The SMILES string of the molecule is CN=C(CCC(C)(C)C)NC. The summed E-state index contributed by atoms with van der Waals surface area (Å²) in [6, 6.07) is 0. The Balaban J connectivity index is 3.70. The van der Waals surface area contributed by atoms with Crippen molar-refractivity contribution in [2.24, 2.45) is 10.4 Å². The first kappa shape index (κ1) is 10.5. The summed E-state index contributed by atoms with van der Waals surface area (Å²) in [4.78, 5) is 4.12. The lowest BCUT2D eigenvalue weighted by Gasteiger charge is -2.18. The number of hydrogen-bond donors (Lipinski definition) is 1.